The molecule has 2 heterocycles. The Kier molecular flexibility index (Phi) is 3.29. The Hall–Kier alpha value is -2.43. The third-order valence-corrected chi connectivity index (χ3v) is 4.77. The van der Waals surface area contributed by atoms with Gasteiger partial charge in [-0.2, -0.15) is 10.1 Å². The van der Waals surface area contributed by atoms with Crippen LogP contribution in [0.5, 0.6) is 0 Å². The molecule has 1 N–H and O–H groups in total. The van der Waals surface area contributed by atoms with E-state index in [0.29, 0.717) is 12.3 Å². The molecule has 0 bridgehead atoms. The van der Waals surface area contributed by atoms with E-state index in [1.807, 2.05) is 4.68 Å². The molecular weight excluding hydrogens is 288 g/mol. The van der Waals surface area contributed by atoms with E-state index in [0.717, 1.165) is 35.6 Å². The number of hydrogen-bond acceptors (Lipinski definition) is 4. The zero-order valence-electron chi connectivity index (χ0n) is 13.4. The first kappa shape index (κ1) is 14.2. The monoisotopic (exact) mass is 308 g/mol. The average molecular weight is 308 g/mol. The number of nitrogens with zero attached hydrogens (tertiary/aromatic N) is 3. The minimum Gasteiger partial charge on any atom is -0.328 e. The first-order chi connectivity index (χ1) is 11.2. The zero-order valence-corrected chi connectivity index (χ0v) is 13.4. The SMILES string of the molecule is CCc1ccc(C2C3=C(CC(C)CC3=O)Nc3ncnn32)cc1. The Morgan fingerprint density at radius 1 is 1.26 bits per heavy atom. The van der Waals surface area contributed by atoms with Gasteiger partial charge in [-0.25, -0.2) is 4.68 Å². The second-order valence-electron chi connectivity index (χ2n) is 6.48. The van der Waals surface area contributed by atoms with Crippen molar-refractivity contribution in [1.29, 1.82) is 0 Å². The summed E-state index contributed by atoms with van der Waals surface area (Å²) in [4.78, 5) is 17.0. The number of aromatic nitrogens is 3. The molecule has 0 saturated carbocycles. The molecule has 2 atom stereocenters. The summed E-state index contributed by atoms with van der Waals surface area (Å²) in [5, 5.41) is 7.67. The van der Waals surface area contributed by atoms with Gasteiger partial charge in [0.2, 0.25) is 5.95 Å². The number of anilines is 1. The fourth-order valence-corrected chi connectivity index (χ4v) is 3.59. The van der Waals surface area contributed by atoms with Crippen molar-refractivity contribution >= 4 is 11.7 Å². The third-order valence-electron chi connectivity index (χ3n) is 4.77. The molecule has 23 heavy (non-hydrogen) atoms. The largest absolute Gasteiger partial charge is 0.328 e. The van der Waals surface area contributed by atoms with Gasteiger partial charge < -0.3 is 5.32 Å². The van der Waals surface area contributed by atoms with Crippen LogP contribution < -0.4 is 5.32 Å². The highest BCUT2D eigenvalue weighted by molar-refractivity contribution is 5.99. The van der Waals surface area contributed by atoms with Gasteiger partial charge in [-0.15, -0.1) is 0 Å². The lowest BCUT2D eigenvalue weighted by atomic mass is 9.81. The van der Waals surface area contributed by atoms with Gasteiger partial charge in [-0.3, -0.25) is 4.79 Å². The van der Waals surface area contributed by atoms with Crippen molar-refractivity contribution in [2.45, 2.75) is 39.2 Å². The molecule has 5 heteroatoms. The normalized spacial score (nSPS) is 23.3. The lowest BCUT2D eigenvalue weighted by molar-refractivity contribution is -0.117. The molecule has 2 aromatic rings. The van der Waals surface area contributed by atoms with Crippen molar-refractivity contribution in [3.63, 3.8) is 0 Å². The number of Topliss-reactive ketones (excluding diaryl/α,β-unsaturated/α-hetero) is 1. The summed E-state index contributed by atoms with van der Waals surface area (Å²) in [6.07, 6.45) is 4.04. The number of aryl methyl sites for hydroxylation is 1. The van der Waals surface area contributed by atoms with Crippen LogP contribution >= 0.6 is 0 Å². The van der Waals surface area contributed by atoms with Gasteiger partial charge in [0.25, 0.3) is 0 Å². The summed E-state index contributed by atoms with van der Waals surface area (Å²) < 4.78 is 1.83. The molecule has 1 aliphatic heterocycles. The summed E-state index contributed by atoms with van der Waals surface area (Å²) in [7, 11) is 0. The highest BCUT2D eigenvalue weighted by atomic mass is 16.1. The molecule has 4 rings (SSSR count). The van der Waals surface area contributed by atoms with Crippen LogP contribution in [-0.2, 0) is 11.2 Å². The molecule has 2 aliphatic rings. The van der Waals surface area contributed by atoms with Crippen LogP contribution in [-0.4, -0.2) is 20.5 Å². The Balaban J connectivity index is 1.85. The van der Waals surface area contributed by atoms with Gasteiger partial charge >= 0.3 is 0 Å². The summed E-state index contributed by atoms with van der Waals surface area (Å²) in [6, 6.07) is 8.30. The van der Waals surface area contributed by atoms with Crippen LogP contribution in [0, 0.1) is 5.92 Å². The Bertz CT molecular complexity index is 788. The van der Waals surface area contributed by atoms with Crippen molar-refractivity contribution in [2.24, 2.45) is 5.92 Å². The van der Waals surface area contributed by atoms with E-state index in [4.69, 9.17) is 0 Å². The van der Waals surface area contributed by atoms with Crippen LogP contribution in [0.3, 0.4) is 0 Å². The molecule has 2 unspecified atom stereocenters. The maximum atomic E-state index is 12.7. The molecule has 0 saturated heterocycles. The summed E-state index contributed by atoms with van der Waals surface area (Å²) in [6.45, 7) is 4.26. The van der Waals surface area contributed by atoms with Crippen molar-refractivity contribution in [3.8, 4) is 0 Å². The van der Waals surface area contributed by atoms with Gasteiger partial charge in [-0.05, 0) is 29.9 Å². The predicted molar refractivity (Wildman–Crippen MR) is 88.0 cm³/mol. The number of benzene rings is 1. The molecule has 118 valence electrons. The quantitative estimate of drug-likeness (QED) is 0.926. The number of carbonyl (C=O) groups excluding carboxylic acids is 1. The third kappa shape index (κ3) is 2.27. The summed E-state index contributed by atoms with van der Waals surface area (Å²) in [5.41, 5.74) is 4.24. The topological polar surface area (TPSA) is 59.8 Å². The Labute approximate surface area is 135 Å². The van der Waals surface area contributed by atoms with Crippen LogP contribution in [0.1, 0.15) is 43.9 Å². The molecule has 1 aliphatic carbocycles. The van der Waals surface area contributed by atoms with E-state index in [9.17, 15) is 4.79 Å². The van der Waals surface area contributed by atoms with Crippen LogP contribution in [0.25, 0.3) is 0 Å². The van der Waals surface area contributed by atoms with Crippen molar-refractivity contribution in [1.82, 2.24) is 14.8 Å². The van der Waals surface area contributed by atoms with Crippen LogP contribution in [0.15, 0.2) is 41.9 Å². The highest BCUT2D eigenvalue weighted by Crippen LogP contribution is 2.40. The van der Waals surface area contributed by atoms with Gasteiger partial charge in [0, 0.05) is 17.7 Å². The van der Waals surface area contributed by atoms with Gasteiger partial charge in [0.05, 0.1) is 0 Å². The molecule has 0 radical (unpaired) electrons. The number of fused-ring (bicyclic) bond motifs is 1. The number of carbonyl (C=O) groups is 1. The number of ketones is 1. The highest BCUT2D eigenvalue weighted by Gasteiger charge is 2.37. The van der Waals surface area contributed by atoms with Crippen LogP contribution in [0.4, 0.5) is 5.95 Å². The fraction of sp³-hybridized carbons (Fsp3) is 0.389. The smallest absolute Gasteiger partial charge is 0.226 e. The Morgan fingerprint density at radius 2 is 2.04 bits per heavy atom. The van der Waals surface area contributed by atoms with Gasteiger partial charge in [0.15, 0.2) is 5.78 Å². The first-order valence-corrected chi connectivity index (χ1v) is 8.19. The second-order valence-corrected chi connectivity index (χ2v) is 6.48. The summed E-state index contributed by atoms with van der Waals surface area (Å²) in [5.74, 6) is 1.30. The second kappa shape index (κ2) is 5.33. The minimum atomic E-state index is -0.172. The standard InChI is InChI=1S/C18H20N4O/c1-3-12-4-6-13(7-5-12)17-16-14(8-11(2)9-15(16)23)21-18-19-10-20-22(17)18/h4-7,10-11,17H,3,8-9H2,1-2H3,(H,19,20,21). The molecule has 0 spiro atoms. The maximum Gasteiger partial charge on any atom is 0.226 e. The average Bonchev–Trinajstić information content (AvgIpc) is 3.00. The number of rotatable bonds is 2. The summed E-state index contributed by atoms with van der Waals surface area (Å²) >= 11 is 0. The molecule has 0 amide bonds. The number of nitrogens with one attached hydrogen (secondary N) is 1. The van der Waals surface area contributed by atoms with Crippen molar-refractivity contribution in [3.05, 3.63) is 53.0 Å². The first-order valence-electron chi connectivity index (χ1n) is 8.19. The lowest BCUT2D eigenvalue weighted by Gasteiger charge is -2.34. The maximum absolute atomic E-state index is 12.7. The van der Waals surface area contributed by atoms with Gasteiger partial charge in [-0.1, -0.05) is 38.1 Å². The van der Waals surface area contributed by atoms with E-state index in [1.54, 1.807) is 6.33 Å². The van der Waals surface area contributed by atoms with E-state index in [1.165, 1.54) is 5.56 Å². The van der Waals surface area contributed by atoms with Crippen molar-refractivity contribution in [2.75, 3.05) is 5.32 Å². The van der Waals surface area contributed by atoms with Crippen molar-refractivity contribution < 1.29 is 4.79 Å². The van der Waals surface area contributed by atoms with E-state index >= 15 is 0 Å². The minimum absolute atomic E-state index is 0.172. The predicted octanol–water partition coefficient (Wildman–Crippen LogP) is 3.11. The van der Waals surface area contributed by atoms with Crippen LogP contribution in [0.2, 0.25) is 0 Å². The molecule has 1 aromatic heterocycles. The number of hydrogen-bond donors (Lipinski definition) is 1. The van der Waals surface area contributed by atoms with Gasteiger partial charge in [0.1, 0.15) is 12.4 Å². The lowest BCUT2D eigenvalue weighted by Crippen LogP contribution is -2.33. The fourth-order valence-electron chi connectivity index (χ4n) is 3.59. The Morgan fingerprint density at radius 3 is 2.78 bits per heavy atom. The van der Waals surface area contributed by atoms with E-state index in [2.05, 4.69) is 53.5 Å². The number of allylic oxidation sites excluding steroid dienone is 2. The molecule has 0 fully saturated rings. The molecule has 1 aromatic carbocycles. The van der Waals surface area contributed by atoms with E-state index in [-0.39, 0.29) is 11.8 Å². The molecule has 5 nitrogen and oxygen atoms in total. The zero-order chi connectivity index (χ0) is 16.0. The van der Waals surface area contributed by atoms with E-state index < -0.39 is 0 Å². The molecular formula is C18H20N4O.